The Kier molecular flexibility index (Phi) is 10.0. The minimum absolute atomic E-state index is 0.0497. The van der Waals surface area contributed by atoms with Crippen LogP contribution < -0.4 is 24.2 Å². The Morgan fingerprint density at radius 1 is 1.09 bits per heavy atom. The molecule has 47 heavy (non-hydrogen) atoms. The number of ketones is 1. The number of ether oxygens (including phenoxy) is 3. The van der Waals surface area contributed by atoms with Crippen LogP contribution in [0.4, 0.5) is 17.6 Å². The first-order valence-corrected chi connectivity index (χ1v) is 15.5. The van der Waals surface area contributed by atoms with Crippen molar-refractivity contribution in [3.05, 3.63) is 71.2 Å². The third-order valence-corrected chi connectivity index (χ3v) is 9.07. The van der Waals surface area contributed by atoms with Gasteiger partial charge in [0.15, 0.2) is 23.0 Å². The van der Waals surface area contributed by atoms with Crippen LogP contribution in [-0.2, 0) is 26.9 Å². The number of nitrogens with zero attached hydrogens (tertiary/aromatic N) is 1. The second-order valence-electron chi connectivity index (χ2n) is 12.2. The van der Waals surface area contributed by atoms with Crippen LogP contribution in [0.15, 0.2) is 48.5 Å². The van der Waals surface area contributed by atoms with Gasteiger partial charge in [-0.3, -0.25) is 9.59 Å². The molecule has 3 N–H and O–H groups in total. The number of aromatic nitrogens is 1. The maximum absolute atomic E-state index is 14.8. The summed E-state index contributed by atoms with van der Waals surface area (Å²) in [7, 11) is -0.410. The third-order valence-electron chi connectivity index (χ3n) is 7.32. The molecule has 2 heterocycles. The van der Waals surface area contributed by atoms with Gasteiger partial charge in [0.25, 0.3) is 5.91 Å². The number of halogens is 4. The molecule has 15 heteroatoms. The van der Waals surface area contributed by atoms with Gasteiger partial charge in [0.05, 0.1) is 40.6 Å². The van der Waals surface area contributed by atoms with Gasteiger partial charge in [-0.15, -0.1) is 0 Å². The number of rotatable bonds is 11. The first-order chi connectivity index (χ1) is 21.8. The second-order valence-corrected chi connectivity index (χ2v) is 14.2. The molecule has 0 saturated heterocycles. The van der Waals surface area contributed by atoms with Crippen molar-refractivity contribution in [2.75, 3.05) is 26.9 Å². The summed E-state index contributed by atoms with van der Waals surface area (Å²) < 4.78 is 89.9. The molecule has 0 radical (unpaired) electrons. The van der Waals surface area contributed by atoms with Crippen LogP contribution in [0.25, 0.3) is 11.3 Å². The molecule has 0 saturated carbocycles. The van der Waals surface area contributed by atoms with Crippen LogP contribution in [0.5, 0.6) is 17.2 Å². The number of nitrogens with one attached hydrogen (secondary N) is 2. The summed E-state index contributed by atoms with van der Waals surface area (Å²) in [4.78, 5) is 28.5. The van der Waals surface area contributed by atoms with Crippen LogP contribution >= 0.6 is 0 Å². The molecule has 0 bridgehead atoms. The van der Waals surface area contributed by atoms with Crippen molar-refractivity contribution >= 4 is 22.7 Å². The number of benzene rings is 2. The van der Waals surface area contributed by atoms with E-state index < -0.39 is 57.0 Å². The highest BCUT2D eigenvalue weighted by atomic mass is 32.2. The van der Waals surface area contributed by atoms with Gasteiger partial charge in [0.2, 0.25) is 5.60 Å². The van der Waals surface area contributed by atoms with E-state index in [0.29, 0.717) is 0 Å². The number of carbonyl (C=O) groups excluding carboxylic acids is 2. The normalized spacial score (nSPS) is 18.0. The summed E-state index contributed by atoms with van der Waals surface area (Å²) in [6.07, 6.45) is -5.36. The zero-order chi connectivity index (χ0) is 34.9. The van der Waals surface area contributed by atoms with Crippen molar-refractivity contribution < 1.29 is 50.7 Å². The number of aliphatic hydroxyl groups is 1. The topological polar surface area (TPSA) is 136 Å². The molecule has 254 valence electrons. The van der Waals surface area contributed by atoms with Crippen molar-refractivity contribution in [3.8, 4) is 28.5 Å². The highest BCUT2D eigenvalue weighted by Gasteiger charge is 2.57. The number of carbonyl (C=O) groups is 2. The number of fused-ring (bicyclic) bond motifs is 1. The lowest BCUT2D eigenvalue weighted by atomic mass is 9.89. The van der Waals surface area contributed by atoms with E-state index in [1.165, 1.54) is 44.4 Å². The van der Waals surface area contributed by atoms with E-state index in [2.05, 4.69) is 15.0 Å². The first-order valence-electron chi connectivity index (χ1n) is 14.3. The zero-order valence-corrected chi connectivity index (χ0v) is 27.3. The molecule has 0 fully saturated rings. The van der Waals surface area contributed by atoms with Gasteiger partial charge in [-0.05, 0) is 83.1 Å². The fourth-order valence-corrected chi connectivity index (χ4v) is 5.48. The van der Waals surface area contributed by atoms with Gasteiger partial charge < -0.3 is 24.6 Å². The van der Waals surface area contributed by atoms with Crippen molar-refractivity contribution in [1.29, 1.82) is 0 Å². The van der Waals surface area contributed by atoms with Crippen LogP contribution in [0.3, 0.4) is 0 Å². The van der Waals surface area contributed by atoms with Gasteiger partial charge in [0.1, 0.15) is 24.7 Å². The maximum Gasteiger partial charge on any atom is 0.424 e. The number of amides is 1. The molecule has 2 unspecified atom stereocenters. The quantitative estimate of drug-likeness (QED) is 0.248. The Bertz CT molecular complexity index is 1700. The average Bonchev–Trinajstić information content (AvgIpc) is 3.33. The molecule has 2 aromatic carbocycles. The number of hydrogen-bond acceptors (Lipinski definition) is 8. The Balaban J connectivity index is 1.77. The SMILES string of the molecule is COc1cc(C(=O)NCC(O)(c2cc3c(c(-c4ccc(F)cc4)n2)OC[C@@]3(C)NS(=O)C(C)(C)C)C(F)(F)F)ccc1OCC(C)=O. The Morgan fingerprint density at radius 2 is 1.74 bits per heavy atom. The minimum atomic E-state index is -5.36. The highest BCUT2D eigenvalue weighted by molar-refractivity contribution is 7.84. The van der Waals surface area contributed by atoms with E-state index in [1.54, 1.807) is 27.7 Å². The Hall–Kier alpha value is -4.08. The summed E-state index contributed by atoms with van der Waals surface area (Å²) in [5, 5.41) is 13.5. The lowest BCUT2D eigenvalue weighted by molar-refractivity contribution is -0.265. The summed E-state index contributed by atoms with van der Waals surface area (Å²) in [6.45, 7) is 6.28. The van der Waals surface area contributed by atoms with Gasteiger partial charge in [-0.1, -0.05) is 0 Å². The van der Waals surface area contributed by atoms with Crippen molar-refractivity contribution in [2.24, 2.45) is 0 Å². The lowest BCUT2D eigenvalue weighted by Crippen LogP contribution is -2.52. The highest BCUT2D eigenvalue weighted by Crippen LogP contribution is 2.47. The molecule has 3 atom stereocenters. The van der Waals surface area contributed by atoms with Crippen LogP contribution in [0.1, 0.15) is 56.2 Å². The molecule has 1 aliphatic heterocycles. The predicted octanol–water partition coefficient (Wildman–Crippen LogP) is 4.70. The van der Waals surface area contributed by atoms with E-state index in [-0.39, 0.29) is 58.6 Å². The lowest BCUT2D eigenvalue weighted by Gasteiger charge is -2.32. The van der Waals surface area contributed by atoms with E-state index >= 15 is 0 Å². The van der Waals surface area contributed by atoms with Crippen LogP contribution in [-0.4, -0.2) is 63.8 Å². The fraction of sp³-hybridized carbons (Fsp3) is 0.406. The first kappa shape index (κ1) is 35.8. The molecule has 4 rings (SSSR count). The van der Waals surface area contributed by atoms with Crippen LogP contribution in [0.2, 0.25) is 0 Å². The number of alkyl halides is 3. The molecule has 0 spiro atoms. The molecule has 1 aliphatic rings. The summed E-state index contributed by atoms with van der Waals surface area (Å²) in [5.41, 5.74) is -5.83. The van der Waals surface area contributed by atoms with Gasteiger partial charge in [-0.25, -0.2) is 18.3 Å². The molecule has 1 aromatic heterocycles. The second kappa shape index (κ2) is 13.2. The van der Waals surface area contributed by atoms with E-state index in [0.717, 1.165) is 18.2 Å². The van der Waals surface area contributed by atoms with Gasteiger partial charge in [-0.2, -0.15) is 13.2 Å². The number of hydrogen-bond donors (Lipinski definition) is 3. The molecule has 3 aromatic rings. The monoisotopic (exact) mass is 681 g/mol. The summed E-state index contributed by atoms with van der Waals surface area (Å²) >= 11 is 0. The number of methoxy groups -OCH3 is 1. The number of Topliss-reactive ketones (excluding diaryl/α,β-unsaturated/α-hetero) is 1. The van der Waals surface area contributed by atoms with Gasteiger partial charge in [0, 0.05) is 16.7 Å². The Morgan fingerprint density at radius 3 is 2.32 bits per heavy atom. The molecular formula is C32H35F4N3O7S. The zero-order valence-electron chi connectivity index (χ0n) is 26.5. The molecule has 0 aliphatic carbocycles. The van der Waals surface area contributed by atoms with Crippen molar-refractivity contribution in [1.82, 2.24) is 15.0 Å². The third kappa shape index (κ3) is 7.57. The Labute approximate surface area is 271 Å². The van der Waals surface area contributed by atoms with Crippen molar-refractivity contribution in [2.45, 2.75) is 56.7 Å². The molecule has 1 amide bonds. The van der Waals surface area contributed by atoms with E-state index in [1.807, 2.05) is 0 Å². The predicted molar refractivity (Wildman–Crippen MR) is 165 cm³/mol. The molecule has 10 nitrogen and oxygen atoms in total. The van der Waals surface area contributed by atoms with E-state index in [4.69, 9.17) is 14.2 Å². The molecular weight excluding hydrogens is 646 g/mol. The average molecular weight is 682 g/mol. The van der Waals surface area contributed by atoms with Gasteiger partial charge >= 0.3 is 6.18 Å². The summed E-state index contributed by atoms with van der Waals surface area (Å²) in [5.74, 6) is -1.61. The summed E-state index contributed by atoms with van der Waals surface area (Å²) in [6, 6.07) is 9.58. The van der Waals surface area contributed by atoms with E-state index in [9.17, 15) is 36.5 Å². The maximum atomic E-state index is 14.8. The standard InChI is InChI=1S/C32H35F4N3O7S/c1-18(40)15-45-23-12-9-20(13-24(23)44-6)28(41)37-16-31(42,32(34,35)36)25-14-22-27(26(38-25)19-7-10-21(33)11-8-19)46-17-30(22,5)39-47(43)29(2,3)4/h7-14,39,42H,15-17H2,1-6H3,(H,37,41)/t30-,31?,47?/m1/s1. The van der Waals surface area contributed by atoms with Crippen molar-refractivity contribution in [3.63, 3.8) is 0 Å². The number of pyridine rings is 1. The largest absolute Gasteiger partial charge is 0.493 e. The minimum Gasteiger partial charge on any atom is -0.493 e. The smallest absolute Gasteiger partial charge is 0.424 e. The fourth-order valence-electron chi connectivity index (χ4n) is 4.59. The van der Waals surface area contributed by atoms with Crippen LogP contribution in [0, 0.1) is 5.82 Å².